The molecule has 0 fully saturated rings. The van der Waals surface area contributed by atoms with Gasteiger partial charge in [-0.15, -0.1) is 0 Å². The maximum atomic E-state index is 12.1. The highest BCUT2D eigenvalue weighted by molar-refractivity contribution is 6.02. The van der Waals surface area contributed by atoms with Crippen molar-refractivity contribution in [2.45, 2.75) is 12.5 Å². The third-order valence-electron chi connectivity index (χ3n) is 3.42. The van der Waals surface area contributed by atoms with Crippen LogP contribution < -0.4 is 15.4 Å². The maximum Gasteiger partial charge on any atom is 0.271 e. The number of benzene rings is 2. The second-order valence-corrected chi connectivity index (χ2v) is 5.15. The lowest BCUT2D eigenvalue weighted by molar-refractivity contribution is -0.384. The minimum absolute atomic E-state index is 0.131. The molecule has 1 aliphatic rings. The number of fused-ring (bicyclic) bond motifs is 1. The fourth-order valence-corrected chi connectivity index (χ4v) is 2.30. The summed E-state index contributed by atoms with van der Waals surface area (Å²) in [5, 5.41) is 15.9. The molecule has 0 aliphatic carbocycles. The molecule has 122 valence electrons. The summed E-state index contributed by atoms with van der Waals surface area (Å²) in [5.41, 5.74) is 0.706. The summed E-state index contributed by atoms with van der Waals surface area (Å²) in [4.78, 5) is 34.2. The number of hydrogen-bond acceptors (Lipinski definition) is 5. The quantitative estimate of drug-likeness (QED) is 0.661. The van der Waals surface area contributed by atoms with Gasteiger partial charge in [-0.3, -0.25) is 19.7 Å². The van der Waals surface area contributed by atoms with Crippen LogP contribution in [0.5, 0.6) is 5.75 Å². The van der Waals surface area contributed by atoms with Crippen LogP contribution in [0.2, 0.25) is 0 Å². The highest BCUT2D eigenvalue weighted by atomic mass is 16.6. The highest BCUT2D eigenvalue weighted by Gasteiger charge is 2.29. The zero-order valence-electron chi connectivity index (χ0n) is 12.4. The zero-order valence-corrected chi connectivity index (χ0v) is 12.4. The summed E-state index contributed by atoms with van der Waals surface area (Å²) in [6.45, 7) is 0. The molecule has 2 aromatic rings. The summed E-state index contributed by atoms with van der Waals surface area (Å²) in [6.07, 6.45) is -1.17. The first-order valence-electron chi connectivity index (χ1n) is 7.14. The Hall–Kier alpha value is -3.42. The summed E-state index contributed by atoms with van der Waals surface area (Å²) < 4.78 is 5.53. The molecule has 1 heterocycles. The number of rotatable bonds is 4. The Kier molecular flexibility index (Phi) is 4.11. The van der Waals surface area contributed by atoms with Crippen molar-refractivity contribution in [2.75, 3.05) is 10.6 Å². The first-order valence-corrected chi connectivity index (χ1v) is 7.14. The van der Waals surface area contributed by atoms with Gasteiger partial charge in [0.25, 0.3) is 11.6 Å². The van der Waals surface area contributed by atoms with E-state index < -0.39 is 22.8 Å². The Morgan fingerprint density at radius 1 is 1.25 bits per heavy atom. The van der Waals surface area contributed by atoms with Crippen molar-refractivity contribution in [3.05, 3.63) is 58.6 Å². The number of carbonyl (C=O) groups is 2. The molecule has 1 aliphatic heterocycles. The van der Waals surface area contributed by atoms with Crippen LogP contribution in [-0.2, 0) is 9.59 Å². The monoisotopic (exact) mass is 327 g/mol. The Morgan fingerprint density at radius 2 is 2.04 bits per heavy atom. The number of amides is 2. The van der Waals surface area contributed by atoms with Crippen LogP contribution in [0, 0.1) is 10.1 Å². The van der Waals surface area contributed by atoms with E-state index in [-0.39, 0.29) is 17.8 Å². The number of nitrogens with zero attached hydrogens (tertiary/aromatic N) is 1. The van der Waals surface area contributed by atoms with Gasteiger partial charge in [-0.25, -0.2) is 0 Å². The fourth-order valence-electron chi connectivity index (χ4n) is 2.30. The molecule has 0 spiro atoms. The number of anilines is 2. The third kappa shape index (κ3) is 3.32. The van der Waals surface area contributed by atoms with Gasteiger partial charge in [0.2, 0.25) is 5.91 Å². The molecular weight excluding hydrogens is 314 g/mol. The molecule has 8 nitrogen and oxygen atoms in total. The molecule has 0 saturated carbocycles. The predicted molar refractivity (Wildman–Crippen MR) is 85.8 cm³/mol. The molecule has 2 aromatic carbocycles. The van der Waals surface area contributed by atoms with Gasteiger partial charge in [0.05, 0.1) is 17.0 Å². The van der Waals surface area contributed by atoms with E-state index in [1.54, 1.807) is 24.3 Å². The molecule has 0 radical (unpaired) electrons. The van der Waals surface area contributed by atoms with E-state index >= 15 is 0 Å². The second kappa shape index (κ2) is 6.37. The van der Waals surface area contributed by atoms with Gasteiger partial charge in [0, 0.05) is 17.8 Å². The number of carbonyl (C=O) groups excluding carboxylic acids is 2. The molecule has 1 atom stereocenters. The number of para-hydroxylation sites is 2. The van der Waals surface area contributed by atoms with Crippen LogP contribution in [-0.4, -0.2) is 22.8 Å². The van der Waals surface area contributed by atoms with Gasteiger partial charge < -0.3 is 15.4 Å². The minimum Gasteiger partial charge on any atom is -0.478 e. The van der Waals surface area contributed by atoms with E-state index in [2.05, 4.69) is 10.6 Å². The van der Waals surface area contributed by atoms with Crippen LogP contribution in [0.4, 0.5) is 17.1 Å². The van der Waals surface area contributed by atoms with Crippen LogP contribution >= 0.6 is 0 Å². The van der Waals surface area contributed by atoms with Crippen molar-refractivity contribution in [1.82, 2.24) is 0 Å². The van der Waals surface area contributed by atoms with Crippen molar-refractivity contribution >= 4 is 28.9 Å². The van der Waals surface area contributed by atoms with E-state index in [0.717, 1.165) is 0 Å². The average molecular weight is 327 g/mol. The average Bonchev–Trinajstić information content (AvgIpc) is 2.55. The topological polar surface area (TPSA) is 111 Å². The van der Waals surface area contributed by atoms with E-state index in [9.17, 15) is 19.7 Å². The van der Waals surface area contributed by atoms with Crippen molar-refractivity contribution in [2.24, 2.45) is 0 Å². The van der Waals surface area contributed by atoms with Crippen LogP contribution in [0.15, 0.2) is 48.5 Å². The Labute approximate surface area is 136 Å². The summed E-state index contributed by atoms with van der Waals surface area (Å²) in [6, 6.07) is 12.5. The van der Waals surface area contributed by atoms with E-state index in [4.69, 9.17) is 4.74 Å². The smallest absolute Gasteiger partial charge is 0.271 e. The largest absolute Gasteiger partial charge is 0.478 e. The Balaban J connectivity index is 1.66. The lowest BCUT2D eigenvalue weighted by atomic mass is 10.1. The maximum absolute atomic E-state index is 12.1. The third-order valence-corrected chi connectivity index (χ3v) is 3.42. The summed E-state index contributed by atoms with van der Waals surface area (Å²) in [7, 11) is 0. The van der Waals surface area contributed by atoms with E-state index in [1.165, 1.54) is 24.3 Å². The van der Waals surface area contributed by atoms with E-state index in [0.29, 0.717) is 11.4 Å². The van der Waals surface area contributed by atoms with E-state index in [1.807, 2.05) is 0 Å². The first-order chi connectivity index (χ1) is 11.5. The Morgan fingerprint density at radius 3 is 2.83 bits per heavy atom. The number of ether oxygens (including phenoxy) is 1. The fraction of sp³-hybridized carbons (Fsp3) is 0.125. The standard InChI is InChI=1S/C16H13N3O5/c20-15(17-10-4-3-5-11(8-10)19(22)23)9-14-16(21)18-12-6-1-2-7-13(12)24-14/h1-8,14H,9H2,(H,17,20)(H,18,21)/t14-/m0/s1. The number of nitrogens with one attached hydrogen (secondary N) is 2. The molecular formula is C16H13N3O5. The summed E-state index contributed by atoms with van der Waals surface area (Å²) in [5.74, 6) is -0.400. The summed E-state index contributed by atoms with van der Waals surface area (Å²) >= 11 is 0. The van der Waals surface area contributed by atoms with Gasteiger partial charge in [-0.05, 0) is 18.2 Å². The van der Waals surface area contributed by atoms with Gasteiger partial charge in [0.1, 0.15) is 5.75 Å². The molecule has 0 saturated heterocycles. The highest BCUT2D eigenvalue weighted by Crippen LogP contribution is 2.29. The van der Waals surface area contributed by atoms with Gasteiger partial charge in [-0.2, -0.15) is 0 Å². The van der Waals surface area contributed by atoms with Crippen molar-refractivity contribution in [3.63, 3.8) is 0 Å². The molecule has 3 rings (SSSR count). The van der Waals surface area contributed by atoms with Crippen LogP contribution in [0.3, 0.4) is 0 Å². The number of hydrogen-bond donors (Lipinski definition) is 2. The SMILES string of the molecule is O=C(C[C@@H]1Oc2ccccc2NC1=O)Nc1cccc([N+](=O)[O-])c1. The van der Waals surface area contributed by atoms with Crippen LogP contribution in [0.1, 0.15) is 6.42 Å². The molecule has 8 heteroatoms. The normalized spacial score (nSPS) is 15.7. The molecule has 0 unspecified atom stereocenters. The minimum atomic E-state index is -0.960. The number of nitro benzene ring substituents is 1. The zero-order chi connectivity index (χ0) is 17.1. The lowest BCUT2D eigenvalue weighted by Crippen LogP contribution is -2.39. The molecule has 2 N–H and O–H groups in total. The first kappa shape index (κ1) is 15.5. The molecule has 2 amide bonds. The Bertz CT molecular complexity index is 821. The van der Waals surface area contributed by atoms with Crippen molar-refractivity contribution in [3.8, 4) is 5.75 Å². The van der Waals surface area contributed by atoms with Crippen molar-refractivity contribution in [1.29, 1.82) is 0 Å². The van der Waals surface area contributed by atoms with Crippen LogP contribution in [0.25, 0.3) is 0 Å². The van der Waals surface area contributed by atoms with Gasteiger partial charge in [0.15, 0.2) is 6.10 Å². The second-order valence-electron chi connectivity index (χ2n) is 5.15. The molecule has 0 bridgehead atoms. The van der Waals surface area contributed by atoms with Gasteiger partial charge in [-0.1, -0.05) is 18.2 Å². The molecule has 24 heavy (non-hydrogen) atoms. The number of non-ortho nitro benzene ring substituents is 1. The van der Waals surface area contributed by atoms with Crippen molar-refractivity contribution < 1.29 is 19.2 Å². The predicted octanol–water partition coefficient (Wildman–Crippen LogP) is 2.32. The number of nitro groups is 1. The van der Waals surface area contributed by atoms with Gasteiger partial charge >= 0.3 is 0 Å². The molecule has 0 aromatic heterocycles. The lowest BCUT2D eigenvalue weighted by Gasteiger charge is -2.25.